The Morgan fingerprint density at radius 2 is 2.33 bits per heavy atom. The number of hydrogen-bond donors (Lipinski definition) is 0. The summed E-state index contributed by atoms with van der Waals surface area (Å²) >= 11 is 0. The Morgan fingerprint density at radius 1 is 1.60 bits per heavy atom. The molecule has 0 amide bonds. The first-order chi connectivity index (χ1) is 7.19. The number of hydrogen-bond acceptors (Lipinski definition) is 3. The van der Waals surface area contributed by atoms with Crippen molar-refractivity contribution in [2.24, 2.45) is 11.8 Å². The number of carbonyl (C=O) groups excluding carboxylic acids is 2. The molecule has 0 aromatic rings. The second kappa shape index (κ2) is 5.69. The number of allylic oxidation sites excluding steroid dienone is 2. The number of carbonyl (C=O) groups is 2. The fraction of sp³-hybridized carbons (Fsp3) is 0.667. The van der Waals surface area contributed by atoms with Crippen LogP contribution in [0.2, 0.25) is 0 Å². The molecule has 3 nitrogen and oxygen atoms in total. The number of aldehydes is 1. The zero-order valence-electron chi connectivity index (χ0n) is 9.36. The van der Waals surface area contributed by atoms with Crippen molar-refractivity contribution in [2.75, 3.05) is 6.61 Å². The summed E-state index contributed by atoms with van der Waals surface area (Å²) in [6.07, 6.45) is 4.42. The van der Waals surface area contributed by atoms with Gasteiger partial charge >= 0.3 is 0 Å². The molecule has 0 N–H and O–H groups in total. The fourth-order valence-corrected chi connectivity index (χ4v) is 2.03. The van der Waals surface area contributed by atoms with Gasteiger partial charge in [-0.15, -0.1) is 0 Å². The van der Waals surface area contributed by atoms with Gasteiger partial charge in [0.2, 0.25) is 0 Å². The van der Waals surface area contributed by atoms with Gasteiger partial charge in [-0.05, 0) is 19.3 Å². The van der Waals surface area contributed by atoms with Crippen molar-refractivity contribution in [1.82, 2.24) is 0 Å². The predicted molar refractivity (Wildman–Crippen MR) is 57.3 cm³/mol. The summed E-state index contributed by atoms with van der Waals surface area (Å²) in [5, 5.41) is 0. The summed E-state index contributed by atoms with van der Waals surface area (Å²) in [6, 6.07) is 0. The van der Waals surface area contributed by atoms with E-state index >= 15 is 0 Å². The first-order valence-corrected chi connectivity index (χ1v) is 5.49. The van der Waals surface area contributed by atoms with E-state index in [2.05, 4.69) is 0 Å². The summed E-state index contributed by atoms with van der Waals surface area (Å²) in [5.41, 5.74) is 0. The average Bonchev–Trinajstić information content (AvgIpc) is 2.17. The summed E-state index contributed by atoms with van der Waals surface area (Å²) in [5.74, 6) is 1.18. The quantitative estimate of drug-likeness (QED) is 0.653. The van der Waals surface area contributed by atoms with E-state index in [4.69, 9.17) is 4.74 Å². The lowest BCUT2D eigenvalue weighted by molar-refractivity contribution is -0.121. The Hall–Kier alpha value is -1.12. The molecule has 0 unspecified atom stereocenters. The lowest BCUT2D eigenvalue weighted by Crippen LogP contribution is -2.26. The van der Waals surface area contributed by atoms with E-state index in [0.717, 1.165) is 18.5 Å². The van der Waals surface area contributed by atoms with Gasteiger partial charge in [0.1, 0.15) is 6.29 Å². The Kier molecular flexibility index (Phi) is 4.53. The molecule has 0 aromatic carbocycles. The molecule has 0 bridgehead atoms. The van der Waals surface area contributed by atoms with Crippen LogP contribution in [0.15, 0.2) is 11.8 Å². The van der Waals surface area contributed by atoms with Crippen molar-refractivity contribution in [2.45, 2.75) is 33.1 Å². The Labute approximate surface area is 90.5 Å². The molecular formula is C12H18O3. The van der Waals surface area contributed by atoms with Crippen LogP contribution in [0.3, 0.4) is 0 Å². The average molecular weight is 210 g/mol. The van der Waals surface area contributed by atoms with E-state index in [0.29, 0.717) is 19.4 Å². The SMILES string of the molecule is CCOC1=CC(=O)[C@@H](CCC=O)[C@H](C)C1. The second-order valence-corrected chi connectivity index (χ2v) is 3.98. The zero-order chi connectivity index (χ0) is 11.3. The second-order valence-electron chi connectivity index (χ2n) is 3.98. The zero-order valence-corrected chi connectivity index (χ0v) is 9.36. The first kappa shape index (κ1) is 12.0. The molecule has 1 aliphatic rings. The van der Waals surface area contributed by atoms with Crippen LogP contribution in [0.25, 0.3) is 0 Å². The van der Waals surface area contributed by atoms with E-state index < -0.39 is 0 Å². The highest BCUT2D eigenvalue weighted by atomic mass is 16.5. The highest BCUT2D eigenvalue weighted by molar-refractivity contribution is 5.93. The van der Waals surface area contributed by atoms with Gasteiger partial charge in [0.25, 0.3) is 0 Å². The molecule has 0 aromatic heterocycles. The number of ether oxygens (including phenoxy) is 1. The third-order valence-electron chi connectivity index (χ3n) is 2.80. The number of rotatable bonds is 5. The smallest absolute Gasteiger partial charge is 0.162 e. The molecule has 3 heteroatoms. The van der Waals surface area contributed by atoms with Crippen LogP contribution < -0.4 is 0 Å². The third kappa shape index (κ3) is 3.18. The van der Waals surface area contributed by atoms with Gasteiger partial charge in [-0.25, -0.2) is 0 Å². The topological polar surface area (TPSA) is 43.4 Å². The molecule has 1 rings (SSSR count). The molecule has 0 saturated heterocycles. The van der Waals surface area contributed by atoms with Crippen molar-refractivity contribution in [3.63, 3.8) is 0 Å². The normalized spacial score (nSPS) is 26.0. The van der Waals surface area contributed by atoms with Crippen molar-refractivity contribution in [3.8, 4) is 0 Å². The Morgan fingerprint density at radius 3 is 2.87 bits per heavy atom. The largest absolute Gasteiger partial charge is 0.498 e. The molecular weight excluding hydrogens is 192 g/mol. The van der Waals surface area contributed by atoms with Crippen LogP contribution in [0.1, 0.15) is 33.1 Å². The standard InChI is InChI=1S/C12H18O3/c1-3-15-10-7-9(2)11(5-4-6-13)12(14)8-10/h6,8-9,11H,3-5,7H2,1-2H3/t9-,11+/m1/s1. The minimum Gasteiger partial charge on any atom is -0.498 e. The van der Waals surface area contributed by atoms with Crippen molar-refractivity contribution < 1.29 is 14.3 Å². The summed E-state index contributed by atoms with van der Waals surface area (Å²) < 4.78 is 5.35. The van der Waals surface area contributed by atoms with Crippen molar-refractivity contribution >= 4 is 12.1 Å². The maximum atomic E-state index is 11.7. The maximum Gasteiger partial charge on any atom is 0.162 e. The van der Waals surface area contributed by atoms with E-state index in [9.17, 15) is 9.59 Å². The van der Waals surface area contributed by atoms with Crippen LogP contribution in [-0.2, 0) is 14.3 Å². The molecule has 15 heavy (non-hydrogen) atoms. The first-order valence-electron chi connectivity index (χ1n) is 5.49. The van der Waals surface area contributed by atoms with Gasteiger partial charge in [0.05, 0.1) is 12.4 Å². The summed E-state index contributed by atoms with van der Waals surface area (Å²) in [7, 11) is 0. The Balaban J connectivity index is 2.62. The molecule has 0 radical (unpaired) electrons. The molecule has 0 saturated carbocycles. The predicted octanol–water partition coefficient (Wildman–Crippen LogP) is 2.11. The highest BCUT2D eigenvalue weighted by Gasteiger charge is 2.29. The Bertz CT molecular complexity index is 268. The van der Waals surface area contributed by atoms with Crippen molar-refractivity contribution in [3.05, 3.63) is 11.8 Å². The van der Waals surface area contributed by atoms with Gasteiger partial charge in [-0.2, -0.15) is 0 Å². The van der Waals surface area contributed by atoms with Gasteiger partial charge in [0.15, 0.2) is 5.78 Å². The van der Waals surface area contributed by atoms with E-state index in [-0.39, 0.29) is 17.6 Å². The third-order valence-corrected chi connectivity index (χ3v) is 2.80. The van der Waals surface area contributed by atoms with Gasteiger partial charge in [-0.3, -0.25) is 4.79 Å². The lowest BCUT2D eigenvalue weighted by Gasteiger charge is -2.26. The molecule has 0 spiro atoms. The van der Waals surface area contributed by atoms with E-state index in [1.54, 1.807) is 6.08 Å². The van der Waals surface area contributed by atoms with Crippen LogP contribution >= 0.6 is 0 Å². The molecule has 0 aliphatic heterocycles. The minimum absolute atomic E-state index is 0.000550. The van der Waals surface area contributed by atoms with Crippen LogP contribution in [-0.4, -0.2) is 18.7 Å². The lowest BCUT2D eigenvalue weighted by atomic mass is 9.80. The van der Waals surface area contributed by atoms with E-state index in [1.165, 1.54) is 0 Å². The van der Waals surface area contributed by atoms with Gasteiger partial charge in [0, 0.05) is 24.8 Å². The summed E-state index contributed by atoms with van der Waals surface area (Å²) in [4.78, 5) is 22.0. The molecule has 1 aliphatic carbocycles. The minimum atomic E-state index is -0.000550. The van der Waals surface area contributed by atoms with Gasteiger partial charge in [-0.1, -0.05) is 6.92 Å². The molecule has 0 fully saturated rings. The van der Waals surface area contributed by atoms with Crippen LogP contribution in [0.4, 0.5) is 0 Å². The highest BCUT2D eigenvalue weighted by Crippen LogP contribution is 2.30. The fourth-order valence-electron chi connectivity index (χ4n) is 2.03. The molecule has 2 atom stereocenters. The van der Waals surface area contributed by atoms with E-state index in [1.807, 2.05) is 13.8 Å². The monoisotopic (exact) mass is 210 g/mol. The van der Waals surface area contributed by atoms with Crippen LogP contribution in [0.5, 0.6) is 0 Å². The van der Waals surface area contributed by atoms with Gasteiger partial charge < -0.3 is 9.53 Å². The summed E-state index contributed by atoms with van der Waals surface area (Å²) in [6.45, 7) is 4.55. The molecule has 84 valence electrons. The maximum absolute atomic E-state index is 11.7. The van der Waals surface area contributed by atoms with Crippen molar-refractivity contribution in [1.29, 1.82) is 0 Å². The van der Waals surface area contributed by atoms with Crippen LogP contribution in [0, 0.1) is 11.8 Å². The molecule has 0 heterocycles. The number of ketones is 1.